The molecule has 1 N–H and O–H groups in total. The van der Waals surface area contributed by atoms with Gasteiger partial charge in [-0.05, 0) is 45.2 Å². The van der Waals surface area contributed by atoms with Crippen molar-refractivity contribution in [3.8, 4) is 0 Å². The first-order chi connectivity index (χ1) is 15.0. The number of alkyl halides is 3. The van der Waals surface area contributed by atoms with Crippen molar-refractivity contribution >= 4 is 39.2 Å². The van der Waals surface area contributed by atoms with Crippen molar-refractivity contribution in [1.29, 1.82) is 0 Å². The molecule has 1 saturated carbocycles. The van der Waals surface area contributed by atoms with Gasteiger partial charge in [0.2, 0.25) is 5.91 Å². The molecule has 170 valence electrons. The summed E-state index contributed by atoms with van der Waals surface area (Å²) in [6, 6.07) is 1.10. The van der Waals surface area contributed by atoms with E-state index in [0.29, 0.717) is 16.3 Å². The zero-order chi connectivity index (χ0) is 23.4. The molecule has 7 nitrogen and oxygen atoms in total. The normalized spacial score (nSPS) is 14.1. The van der Waals surface area contributed by atoms with Crippen LogP contribution in [0.25, 0.3) is 11.0 Å². The van der Waals surface area contributed by atoms with Crippen LogP contribution in [0.4, 0.5) is 18.2 Å². The maximum Gasteiger partial charge on any atom is 0.417 e. The number of anilines is 1. The minimum atomic E-state index is -4.56. The van der Waals surface area contributed by atoms with Crippen LogP contribution in [0.3, 0.4) is 0 Å². The molecule has 0 aliphatic heterocycles. The van der Waals surface area contributed by atoms with E-state index in [-0.39, 0.29) is 34.8 Å². The molecule has 3 aromatic rings. The highest BCUT2D eigenvalue weighted by atomic mass is 32.1. The number of aromatic nitrogens is 3. The summed E-state index contributed by atoms with van der Waals surface area (Å²) in [5.74, 6) is -1.11. The summed E-state index contributed by atoms with van der Waals surface area (Å²) in [4.78, 5) is 30.1. The number of pyridine rings is 1. The van der Waals surface area contributed by atoms with Gasteiger partial charge in [0.05, 0.1) is 29.3 Å². The highest BCUT2D eigenvalue weighted by Crippen LogP contribution is 2.43. The summed E-state index contributed by atoms with van der Waals surface area (Å²) in [6.45, 7) is 4.68. The molecule has 1 aliphatic carbocycles. The fourth-order valence-electron chi connectivity index (χ4n) is 3.66. The van der Waals surface area contributed by atoms with Crippen molar-refractivity contribution in [1.82, 2.24) is 14.8 Å². The predicted octanol–water partition coefficient (Wildman–Crippen LogP) is 4.74. The predicted molar refractivity (Wildman–Crippen MR) is 113 cm³/mol. The molecule has 0 unspecified atom stereocenters. The third kappa shape index (κ3) is 3.96. The first kappa shape index (κ1) is 22.3. The second-order valence-corrected chi connectivity index (χ2v) is 9.06. The molecule has 0 atom stereocenters. The lowest BCUT2D eigenvalue weighted by atomic mass is 10.1. The summed E-state index contributed by atoms with van der Waals surface area (Å²) >= 11 is 1.23. The molecule has 0 spiro atoms. The minimum absolute atomic E-state index is 0.00216. The standard InChI is InChI=1S/C21H21F3N4O3S/c1-9-11(3)32-19(16(9)20(30)31-4)26-15(29)8-28-18-17(10(2)27-28)13(21(22,23)24)7-14(25-18)12-5-6-12/h7,12H,5-6,8H2,1-4H3,(H,26,29). The monoisotopic (exact) mass is 466 g/mol. The highest BCUT2D eigenvalue weighted by molar-refractivity contribution is 7.16. The molecule has 3 heterocycles. The molecule has 0 radical (unpaired) electrons. The van der Waals surface area contributed by atoms with E-state index in [1.807, 2.05) is 6.92 Å². The van der Waals surface area contributed by atoms with Gasteiger partial charge < -0.3 is 10.1 Å². The maximum absolute atomic E-state index is 13.7. The number of halogens is 3. The average molecular weight is 466 g/mol. The number of carbonyl (C=O) groups is 2. The Bertz CT molecular complexity index is 1240. The molecule has 11 heteroatoms. The summed E-state index contributed by atoms with van der Waals surface area (Å²) < 4.78 is 47.2. The van der Waals surface area contributed by atoms with Crippen molar-refractivity contribution in [2.75, 3.05) is 12.4 Å². The summed E-state index contributed by atoms with van der Waals surface area (Å²) in [5, 5.41) is 7.06. The van der Waals surface area contributed by atoms with Gasteiger partial charge in [0.15, 0.2) is 5.65 Å². The Morgan fingerprint density at radius 2 is 1.97 bits per heavy atom. The van der Waals surface area contributed by atoms with Crippen LogP contribution in [0.15, 0.2) is 6.07 Å². The van der Waals surface area contributed by atoms with E-state index in [2.05, 4.69) is 15.4 Å². The lowest BCUT2D eigenvalue weighted by Crippen LogP contribution is -2.21. The zero-order valence-corrected chi connectivity index (χ0v) is 18.7. The van der Waals surface area contributed by atoms with Gasteiger partial charge in [-0.15, -0.1) is 11.3 Å². The van der Waals surface area contributed by atoms with E-state index in [4.69, 9.17) is 4.74 Å². The SMILES string of the molecule is COC(=O)c1c(NC(=O)Cn2nc(C)c3c(C(F)(F)F)cc(C4CC4)nc32)sc(C)c1C. The third-order valence-corrected chi connectivity index (χ3v) is 6.64. The van der Waals surface area contributed by atoms with Crippen molar-refractivity contribution in [3.63, 3.8) is 0 Å². The lowest BCUT2D eigenvalue weighted by Gasteiger charge is -2.11. The first-order valence-electron chi connectivity index (χ1n) is 9.94. The van der Waals surface area contributed by atoms with E-state index in [0.717, 1.165) is 23.8 Å². The van der Waals surface area contributed by atoms with Gasteiger partial charge in [-0.3, -0.25) is 4.79 Å². The average Bonchev–Trinajstić information content (AvgIpc) is 3.47. The topological polar surface area (TPSA) is 86.1 Å². The molecule has 4 rings (SSSR count). The zero-order valence-electron chi connectivity index (χ0n) is 17.9. The van der Waals surface area contributed by atoms with Crippen molar-refractivity contribution < 1.29 is 27.5 Å². The Balaban J connectivity index is 1.70. The number of amides is 1. The van der Waals surface area contributed by atoms with Crippen molar-refractivity contribution in [2.45, 2.75) is 52.3 Å². The molecular formula is C21H21F3N4O3S. The number of carbonyl (C=O) groups excluding carboxylic acids is 2. The molecule has 1 aliphatic rings. The van der Waals surface area contributed by atoms with E-state index in [1.54, 1.807) is 6.92 Å². The molecular weight excluding hydrogens is 445 g/mol. The third-order valence-electron chi connectivity index (χ3n) is 5.52. The van der Waals surface area contributed by atoms with Gasteiger partial charge in [-0.2, -0.15) is 18.3 Å². The second-order valence-electron chi connectivity index (χ2n) is 7.84. The maximum atomic E-state index is 13.7. The fourth-order valence-corrected chi connectivity index (χ4v) is 4.72. The van der Waals surface area contributed by atoms with Crippen LogP contribution in [0, 0.1) is 20.8 Å². The number of ether oxygens (including phenoxy) is 1. The van der Waals surface area contributed by atoms with Gasteiger partial charge in [-0.1, -0.05) is 0 Å². The van der Waals surface area contributed by atoms with Gasteiger partial charge in [0.25, 0.3) is 0 Å². The quantitative estimate of drug-likeness (QED) is 0.549. The molecule has 0 bridgehead atoms. The number of hydrogen-bond donors (Lipinski definition) is 1. The van der Waals surface area contributed by atoms with Gasteiger partial charge in [0, 0.05) is 16.5 Å². The Morgan fingerprint density at radius 3 is 2.56 bits per heavy atom. The van der Waals surface area contributed by atoms with Crippen molar-refractivity contribution in [3.05, 3.63) is 39.0 Å². The molecule has 0 saturated heterocycles. The van der Waals surface area contributed by atoms with E-state index in [9.17, 15) is 22.8 Å². The molecule has 1 fully saturated rings. The fraction of sp³-hybridized carbons (Fsp3) is 0.429. The number of fused-ring (bicyclic) bond motifs is 1. The van der Waals surface area contributed by atoms with Gasteiger partial charge in [-0.25, -0.2) is 14.5 Å². The lowest BCUT2D eigenvalue weighted by molar-refractivity contribution is -0.136. The van der Waals surface area contributed by atoms with Crippen LogP contribution < -0.4 is 5.32 Å². The summed E-state index contributed by atoms with van der Waals surface area (Å²) in [5.41, 5.74) is 0.713. The minimum Gasteiger partial charge on any atom is -0.465 e. The van der Waals surface area contributed by atoms with E-state index >= 15 is 0 Å². The number of nitrogens with one attached hydrogen (secondary N) is 1. The van der Waals surface area contributed by atoms with Crippen LogP contribution in [-0.2, 0) is 22.3 Å². The number of thiophene rings is 1. The van der Waals surface area contributed by atoms with Gasteiger partial charge >= 0.3 is 12.1 Å². The van der Waals surface area contributed by atoms with E-state index < -0.39 is 23.6 Å². The van der Waals surface area contributed by atoms with Crippen LogP contribution in [0.5, 0.6) is 0 Å². The van der Waals surface area contributed by atoms with Crippen LogP contribution in [0.1, 0.15) is 56.5 Å². The summed E-state index contributed by atoms with van der Waals surface area (Å²) in [7, 11) is 1.25. The van der Waals surface area contributed by atoms with Crippen LogP contribution in [0.2, 0.25) is 0 Å². The van der Waals surface area contributed by atoms with Gasteiger partial charge in [0.1, 0.15) is 11.5 Å². The Kier molecular flexibility index (Phi) is 5.48. The Morgan fingerprint density at radius 1 is 1.28 bits per heavy atom. The number of nitrogens with zero attached hydrogens (tertiary/aromatic N) is 3. The number of hydrogen-bond acceptors (Lipinski definition) is 6. The van der Waals surface area contributed by atoms with Crippen LogP contribution in [-0.4, -0.2) is 33.8 Å². The number of rotatable bonds is 5. The molecule has 3 aromatic heterocycles. The van der Waals surface area contributed by atoms with E-state index in [1.165, 1.54) is 30.1 Å². The largest absolute Gasteiger partial charge is 0.465 e. The van der Waals surface area contributed by atoms with Crippen molar-refractivity contribution in [2.24, 2.45) is 0 Å². The van der Waals surface area contributed by atoms with Crippen LogP contribution >= 0.6 is 11.3 Å². The molecule has 1 amide bonds. The first-order valence-corrected chi connectivity index (χ1v) is 10.8. The molecule has 32 heavy (non-hydrogen) atoms. The summed E-state index contributed by atoms with van der Waals surface area (Å²) in [6.07, 6.45) is -2.99. The molecule has 0 aromatic carbocycles. The Hall–Kier alpha value is -2.95. The number of methoxy groups -OCH3 is 1. The Labute approximate surface area is 185 Å². The smallest absolute Gasteiger partial charge is 0.417 e. The second kappa shape index (κ2) is 7.88. The highest BCUT2D eigenvalue weighted by Gasteiger charge is 2.37. The number of esters is 1. The number of aryl methyl sites for hydroxylation is 2.